The first kappa shape index (κ1) is 19.6. The van der Waals surface area contributed by atoms with E-state index >= 15 is 0 Å². The first-order chi connectivity index (χ1) is 15.5. The van der Waals surface area contributed by atoms with Crippen LogP contribution in [0, 0.1) is 12.3 Å². The van der Waals surface area contributed by atoms with Gasteiger partial charge in [0, 0.05) is 35.8 Å². The Morgan fingerprint density at radius 1 is 1.00 bits per heavy atom. The number of nitrogens with zero attached hydrogens (tertiary/aromatic N) is 2. The van der Waals surface area contributed by atoms with E-state index in [0.717, 1.165) is 49.7 Å². The molecular formula is C26H21N5O. The smallest absolute Gasteiger partial charge is 0.221 e. The van der Waals surface area contributed by atoms with Crippen LogP contribution < -0.4 is 5.32 Å². The van der Waals surface area contributed by atoms with Crippen molar-refractivity contribution in [2.75, 3.05) is 5.32 Å². The molecule has 0 radical (unpaired) electrons. The highest BCUT2D eigenvalue weighted by Crippen LogP contribution is 2.33. The lowest BCUT2D eigenvalue weighted by atomic mass is 9.95. The van der Waals surface area contributed by atoms with Crippen molar-refractivity contribution in [1.82, 2.24) is 15.0 Å². The quantitative estimate of drug-likeness (QED) is 0.338. The third-order valence-electron chi connectivity index (χ3n) is 5.56. The number of nitrogens with one attached hydrogen (secondary N) is 3. The van der Waals surface area contributed by atoms with E-state index in [1.54, 1.807) is 6.20 Å². The fraction of sp³-hybridized carbons (Fsp3) is 0.0769. The van der Waals surface area contributed by atoms with Crippen molar-refractivity contribution in [3.8, 4) is 11.1 Å². The highest BCUT2D eigenvalue weighted by atomic mass is 16.1. The second kappa shape index (κ2) is 7.74. The number of pyridine rings is 1. The Balaban J connectivity index is 1.62. The molecule has 0 spiro atoms. The number of hydrogen-bond donors (Lipinski definition) is 3. The molecular weight excluding hydrogens is 398 g/mol. The predicted molar refractivity (Wildman–Crippen MR) is 128 cm³/mol. The van der Waals surface area contributed by atoms with E-state index in [1.165, 1.54) is 6.92 Å². The zero-order chi connectivity index (χ0) is 22.2. The number of benzene rings is 3. The number of H-pyrrole nitrogens is 1. The van der Waals surface area contributed by atoms with Gasteiger partial charge in [-0.2, -0.15) is 0 Å². The first-order valence-corrected chi connectivity index (χ1v) is 10.3. The number of aryl methyl sites for hydroxylation is 1. The fourth-order valence-corrected chi connectivity index (χ4v) is 3.98. The van der Waals surface area contributed by atoms with Crippen LogP contribution in [0.3, 0.4) is 0 Å². The Labute approximate surface area is 184 Å². The molecule has 3 aromatic carbocycles. The SMILES string of the molecule is CC(=O)Nc1cccc2c(-c3ccc(C)c(C(=N)c4nc5ccccc5[nH]4)c3)cncc12. The number of amides is 1. The van der Waals surface area contributed by atoms with Crippen LogP contribution in [0.2, 0.25) is 0 Å². The highest BCUT2D eigenvalue weighted by molar-refractivity contribution is 6.12. The maximum atomic E-state index is 11.6. The molecule has 2 heterocycles. The standard InChI is InChI=1S/C26H21N5O/c1-15-10-11-17(12-19(15)25(27)26-30-23-7-3-4-8-24(23)31-26)20-13-28-14-21-18(20)6-5-9-22(21)29-16(2)32/h3-14,27H,1-2H3,(H,29,32)(H,30,31). The van der Waals surface area contributed by atoms with Gasteiger partial charge in [0.1, 0.15) is 5.71 Å². The maximum absolute atomic E-state index is 11.6. The van der Waals surface area contributed by atoms with Gasteiger partial charge in [-0.15, -0.1) is 0 Å². The Kier molecular flexibility index (Phi) is 4.75. The van der Waals surface area contributed by atoms with Crippen molar-refractivity contribution >= 4 is 39.1 Å². The number of imidazole rings is 1. The average molecular weight is 419 g/mol. The largest absolute Gasteiger partial charge is 0.337 e. The number of rotatable bonds is 4. The minimum atomic E-state index is -0.125. The van der Waals surface area contributed by atoms with E-state index in [0.29, 0.717) is 11.5 Å². The van der Waals surface area contributed by atoms with Crippen LogP contribution in [0.25, 0.3) is 32.9 Å². The second-order valence-corrected chi connectivity index (χ2v) is 7.78. The second-order valence-electron chi connectivity index (χ2n) is 7.78. The summed E-state index contributed by atoms with van der Waals surface area (Å²) in [6.45, 7) is 3.48. The van der Waals surface area contributed by atoms with Gasteiger partial charge >= 0.3 is 0 Å². The molecule has 0 saturated heterocycles. The van der Waals surface area contributed by atoms with Gasteiger partial charge < -0.3 is 10.3 Å². The number of carbonyl (C=O) groups excluding carboxylic acids is 1. The van der Waals surface area contributed by atoms with Gasteiger partial charge in [-0.1, -0.05) is 36.4 Å². The summed E-state index contributed by atoms with van der Waals surface area (Å²) in [6, 6.07) is 19.6. The summed E-state index contributed by atoms with van der Waals surface area (Å²) in [5.41, 5.74) is 6.50. The summed E-state index contributed by atoms with van der Waals surface area (Å²) in [6.07, 6.45) is 3.58. The maximum Gasteiger partial charge on any atom is 0.221 e. The van der Waals surface area contributed by atoms with Crippen molar-refractivity contribution in [1.29, 1.82) is 5.41 Å². The molecule has 0 saturated carbocycles. The molecule has 0 fully saturated rings. The van der Waals surface area contributed by atoms with Crippen molar-refractivity contribution in [2.45, 2.75) is 13.8 Å². The topological polar surface area (TPSA) is 94.5 Å². The van der Waals surface area contributed by atoms with Crippen LogP contribution in [0.1, 0.15) is 23.9 Å². The van der Waals surface area contributed by atoms with E-state index in [9.17, 15) is 4.79 Å². The van der Waals surface area contributed by atoms with E-state index in [-0.39, 0.29) is 5.91 Å². The van der Waals surface area contributed by atoms with E-state index in [1.807, 2.05) is 73.8 Å². The van der Waals surface area contributed by atoms with Gasteiger partial charge in [-0.05, 0) is 47.7 Å². The van der Waals surface area contributed by atoms with Gasteiger partial charge in [0.15, 0.2) is 5.82 Å². The molecule has 0 atom stereocenters. The lowest BCUT2D eigenvalue weighted by molar-refractivity contribution is -0.114. The number of carbonyl (C=O) groups is 1. The monoisotopic (exact) mass is 419 g/mol. The van der Waals surface area contributed by atoms with Crippen LogP contribution in [-0.2, 0) is 4.79 Å². The molecule has 0 aliphatic rings. The molecule has 6 heteroatoms. The van der Waals surface area contributed by atoms with E-state index in [4.69, 9.17) is 5.41 Å². The van der Waals surface area contributed by atoms with Crippen molar-refractivity contribution in [3.63, 3.8) is 0 Å². The molecule has 3 N–H and O–H groups in total. The number of fused-ring (bicyclic) bond motifs is 2. The van der Waals surface area contributed by atoms with E-state index in [2.05, 4.69) is 20.3 Å². The molecule has 0 unspecified atom stereocenters. The van der Waals surface area contributed by atoms with Crippen molar-refractivity contribution in [2.24, 2.45) is 0 Å². The zero-order valence-electron chi connectivity index (χ0n) is 17.7. The molecule has 5 aromatic rings. The molecule has 5 rings (SSSR count). The molecule has 0 aliphatic heterocycles. The summed E-state index contributed by atoms with van der Waals surface area (Å²) in [4.78, 5) is 23.9. The van der Waals surface area contributed by atoms with Gasteiger partial charge in [-0.3, -0.25) is 15.2 Å². The first-order valence-electron chi connectivity index (χ1n) is 10.3. The number of aromatic amines is 1. The van der Waals surface area contributed by atoms with Crippen LogP contribution >= 0.6 is 0 Å². The average Bonchev–Trinajstić information content (AvgIpc) is 3.23. The Morgan fingerprint density at radius 3 is 2.66 bits per heavy atom. The molecule has 1 amide bonds. The molecule has 0 bridgehead atoms. The summed E-state index contributed by atoms with van der Waals surface area (Å²) in [5.74, 6) is 0.412. The third kappa shape index (κ3) is 3.41. The van der Waals surface area contributed by atoms with Gasteiger partial charge in [-0.25, -0.2) is 4.98 Å². The van der Waals surface area contributed by atoms with Crippen LogP contribution in [0.15, 0.2) is 73.1 Å². The van der Waals surface area contributed by atoms with Crippen LogP contribution in [0.4, 0.5) is 5.69 Å². The molecule has 32 heavy (non-hydrogen) atoms. The summed E-state index contributed by atoms with van der Waals surface area (Å²) < 4.78 is 0. The lowest BCUT2D eigenvalue weighted by Gasteiger charge is -2.13. The minimum absolute atomic E-state index is 0.125. The summed E-state index contributed by atoms with van der Waals surface area (Å²) >= 11 is 0. The Morgan fingerprint density at radius 2 is 1.84 bits per heavy atom. The van der Waals surface area contributed by atoms with E-state index < -0.39 is 0 Å². The molecule has 156 valence electrons. The van der Waals surface area contributed by atoms with Gasteiger partial charge in [0.25, 0.3) is 0 Å². The normalized spacial score (nSPS) is 11.1. The van der Waals surface area contributed by atoms with Crippen molar-refractivity contribution < 1.29 is 4.79 Å². The predicted octanol–water partition coefficient (Wildman–Crippen LogP) is 5.46. The number of anilines is 1. The third-order valence-corrected chi connectivity index (χ3v) is 5.56. The van der Waals surface area contributed by atoms with Crippen molar-refractivity contribution in [3.05, 3.63) is 90.0 Å². The summed E-state index contributed by atoms with van der Waals surface area (Å²) in [7, 11) is 0. The van der Waals surface area contributed by atoms with Gasteiger partial charge in [0.05, 0.1) is 16.7 Å². The minimum Gasteiger partial charge on any atom is -0.337 e. The number of para-hydroxylation sites is 2. The molecule has 2 aromatic heterocycles. The fourth-order valence-electron chi connectivity index (χ4n) is 3.98. The number of hydrogen-bond acceptors (Lipinski definition) is 4. The lowest BCUT2D eigenvalue weighted by Crippen LogP contribution is -2.07. The number of aromatic nitrogens is 3. The molecule has 6 nitrogen and oxygen atoms in total. The summed E-state index contributed by atoms with van der Waals surface area (Å²) in [5, 5.41) is 13.5. The zero-order valence-corrected chi connectivity index (χ0v) is 17.7. The van der Waals surface area contributed by atoms with Crippen LogP contribution in [-0.4, -0.2) is 26.6 Å². The van der Waals surface area contributed by atoms with Crippen LogP contribution in [0.5, 0.6) is 0 Å². The Bertz CT molecular complexity index is 1480. The Hall–Kier alpha value is -4.32. The van der Waals surface area contributed by atoms with Gasteiger partial charge in [0.2, 0.25) is 5.91 Å². The molecule has 0 aliphatic carbocycles. The highest BCUT2D eigenvalue weighted by Gasteiger charge is 2.15.